The van der Waals surface area contributed by atoms with E-state index < -0.39 is 22.0 Å². The summed E-state index contributed by atoms with van der Waals surface area (Å²) in [6.07, 6.45) is 7.91. The van der Waals surface area contributed by atoms with E-state index in [2.05, 4.69) is 0 Å². The van der Waals surface area contributed by atoms with E-state index in [9.17, 15) is 32.4 Å². The Morgan fingerprint density at radius 3 is 1.74 bits per heavy atom. The van der Waals surface area contributed by atoms with Gasteiger partial charge in [-0.25, -0.2) is 17.5 Å². The van der Waals surface area contributed by atoms with E-state index in [1.807, 2.05) is 24.0 Å². The molecule has 0 N–H and O–H groups in total. The fourth-order valence-corrected chi connectivity index (χ4v) is 8.99. The molecule has 58 heavy (non-hydrogen) atoms. The van der Waals surface area contributed by atoms with Gasteiger partial charge in [0.2, 0.25) is 15.9 Å². The number of hydrogen-bond donors (Lipinski definition) is 0. The van der Waals surface area contributed by atoms with Crippen molar-refractivity contribution in [2.45, 2.75) is 103 Å². The summed E-state index contributed by atoms with van der Waals surface area (Å²) in [5, 5.41) is 0.301. The third kappa shape index (κ3) is 11.9. The minimum absolute atomic E-state index is 0. The zero-order valence-corrected chi connectivity index (χ0v) is 36.6. The van der Waals surface area contributed by atoms with Crippen molar-refractivity contribution in [1.82, 2.24) is 19.0 Å². The highest BCUT2D eigenvalue weighted by molar-refractivity contribution is 7.88. The number of sulfonamides is 1. The van der Waals surface area contributed by atoms with Gasteiger partial charge in [-0.15, -0.1) is 0 Å². The standard InChI is InChI=1S/C22H30N2O4.C19H25ClN2O6S.H2S/c1-15-14-18(22(27)24-11-5-4-6-20(24)16(2)25)7-8-21(15)28-19-9-12-23(13-10-19)17(3)26;1-27-19(24)16-4-3-9-22(16)18(23)13-5-6-17(15(20)12-13)28-14-7-10-21(11-8-14)29(2,25)26;/h7-8,14,19-20H,4-6,9-13H2,1-3H3;5-6,12,14,16H,3-4,7-11H2,1-2H3;1H2/t;16-;/m.0./s1. The van der Waals surface area contributed by atoms with Crippen LogP contribution in [-0.2, 0) is 29.1 Å². The van der Waals surface area contributed by atoms with Crippen LogP contribution < -0.4 is 9.47 Å². The summed E-state index contributed by atoms with van der Waals surface area (Å²) in [5.74, 6) is 0.631. The molecule has 3 amide bonds. The van der Waals surface area contributed by atoms with Crippen LogP contribution in [0.1, 0.15) is 97.9 Å². The van der Waals surface area contributed by atoms with Gasteiger partial charge in [-0.2, -0.15) is 13.5 Å². The number of hydrogen-bond acceptors (Lipinski definition) is 10. The number of esters is 1. The van der Waals surface area contributed by atoms with Gasteiger partial charge in [-0.3, -0.25) is 19.2 Å². The van der Waals surface area contributed by atoms with Gasteiger partial charge in [-0.05, 0) is 101 Å². The molecule has 2 aromatic carbocycles. The van der Waals surface area contributed by atoms with Gasteiger partial charge < -0.3 is 28.9 Å². The summed E-state index contributed by atoms with van der Waals surface area (Å²) in [4.78, 5) is 66.1. The Bertz CT molecular complexity index is 1920. The predicted octanol–water partition coefficient (Wildman–Crippen LogP) is 5.00. The average molecular weight is 866 g/mol. The number of amides is 3. The van der Waals surface area contributed by atoms with Crippen LogP contribution in [0.3, 0.4) is 0 Å². The van der Waals surface area contributed by atoms with Crippen LogP contribution in [0.2, 0.25) is 5.02 Å². The maximum atomic E-state index is 13.0. The maximum Gasteiger partial charge on any atom is 0.328 e. The smallest absolute Gasteiger partial charge is 0.328 e. The highest BCUT2D eigenvalue weighted by atomic mass is 35.5. The number of aryl methyl sites for hydroxylation is 1. The lowest BCUT2D eigenvalue weighted by molar-refractivity contribution is -0.145. The van der Waals surface area contributed by atoms with Crippen LogP contribution >= 0.6 is 25.1 Å². The zero-order chi connectivity index (χ0) is 41.4. The van der Waals surface area contributed by atoms with E-state index in [0.29, 0.717) is 67.3 Å². The van der Waals surface area contributed by atoms with E-state index in [4.69, 9.17) is 25.8 Å². The number of rotatable bonds is 9. The van der Waals surface area contributed by atoms with Gasteiger partial charge in [0.15, 0.2) is 5.78 Å². The van der Waals surface area contributed by atoms with E-state index in [1.54, 1.807) is 36.9 Å². The molecule has 4 heterocycles. The second kappa shape index (κ2) is 20.9. The molecule has 4 fully saturated rings. The molecule has 0 bridgehead atoms. The fourth-order valence-electron chi connectivity index (χ4n) is 7.89. The highest BCUT2D eigenvalue weighted by Crippen LogP contribution is 2.31. The molecule has 0 saturated carbocycles. The van der Waals surface area contributed by atoms with E-state index in [0.717, 1.165) is 62.9 Å². The average Bonchev–Trinajstić information content (AvgIpc) is 3.69. The van der Waals surface area contributed by atoms with E-state index >= 15 is 0 Å². The molecule has 6 rings (SSSR count). The third-order valence-corrected chi connectivity index (χ3v) is 12.8. The predicted molar refractivity (Wildman–Crippen MR) is 224 cm³/mol. The molecule has 2 aromatic rings. The Morgan fingerprint density at radius 2 is 1.21 bits per heavy atom. The minimum Gasteiger partial charge on any atom is -0.490 e. The lowest BCUT2D eigenvalue weighted by atomic mass is 9.97. The van der Waals surface area contributed by atoms with Crippen molar-refractivity contribution in [2.75, 3.05) is 52.6 Å². The molecule has 4 saturated heterocycles. The van der Waals surface area contributed by atoms with Crippen LogP contribution in [0.15, 0.2) is 36.4 Å². The van der Waals surface area contributed by atoms with E-state index in [1.165, 1.54) is 28.6 Å². The molecule has 0 spiro atoms. The van der Waals surface area contributed by atoms with Crippen molar-refractivity contribution >= 4 is 64.6 Å². The number of piperidine rings is 3. The molecule has 4 aliphatic heterocycles. The van der Waals surface area contributed by atoms with Crippen molar-refractivity contribution in [3.05, 3.63) is 58.1 Å². The molecule has 4 aliphatic rings. The summed E-state index contributed by atoms with van der Waals surface area (Å²) in [6.45, 7) is 8.48. The Balaban J connectivity index is 0.000000252. The number of Topliss-reactive ketones (excluding diaryl/α,β-unsaturated/α-hetero) is 1. The lowest BCUT2D eigenvalue weighted by Crippen LogP contribution is -2.47. The van der Waals surface area contributed by atoms with Gasteiger partial charge >= 0.3 is 5.97 Å². The van der Waals surface area contributed by atoms with Crippen LogP contribution in [-0.4, -0.2) is 134 Å². The van der Waals surface area contributed by atoms with Gasteiger partial charge in [0.25, 0.3) is 11.8 Å². The molecule has 320 valence electrons. The summed E-state index contributed by atoms with van der Waals surface area (Å²) in [5.41, 5.74) is 1.89. The van der Waals surface area contributed by atoms with Crippen LogP contribution in [0, 0.1) is 6.92 Å². The fraction of sp³-hybridized carbons (Fsp3) is 0.585. The molecule has 0 aromatic heterocycles. The summed E-state index contributed by atoms with van der Waals surface area (Å²) < 4.78 is 41.5. The first-order chi connectivity index (χ1) is 27.1. The Hall–Kier alpha value is -3.86. The van der Waals surface area contributed by atoms with Crippen molar-refractivity contribution in [1.29, 1.82) is 0 Å². The third-order valence-electron chi connectivity index (χ3n) is 11.2. The van der Waals surface area contributed by atoms with Crippen molar-refractivity contribution in [3.63, 3.8) is 0 Å². The Labute approximate surface area is 353 Å². The molecule has 0 aliphatic carbocycles. The Kier molecular flexibility index (Phi) is 16.9. The number of ketones is 1. The summed E-state index contributed by atoms with van der Waals surface area (Å²) >= 11 is 6.33. The number of carbonyl (C=O) groups is 5. The van der Waals surface area contributed by atoms with Gasteiger partial charge in [0.1, 0.15) is 29.7 Å². The van der Waals surface area contributed by atoms with Gasteiger partial charge in [0, 0.05) is 70.2 Å². The number of methoxy groups -OCH3 is 1. The molecule has 14 nitrogen and oxygen atoms in total. The first-order valence-corrected chi connectivity index (χ1v) is 21.9. The number of nitrogens with zero attached hydrogens (tertiary/aromatic N) is 4. The highest BCUT2D eigenvalue weighted by Gasteiger charge is 2.36. The SMILES string of the molecule is CC(=O)C1CCCCN1C(=O)c1ccc(OC2CCN(C(C)=O)CC2)c(C)c1.COC(=O)[C@@H]1CCCN1C(=O)c1ccc(OC2CCN(S(C)(=O)=O)CC2)c(Cl)c1.S. The number of benzene rings is 2. The van der Waals surface area contributed by atoms with Crippen molar-refractivity contribution < 1.29 is 46.6 Å². The molecule has 2 atom stereocenters. The Morgan fingerprint density at radius 1 is 0.690 bits per heavy atom. The second-order valence-electron chi connectivity index (χ2n) is 15.2. The molecule has 0 radical (unpaired) electrons. The second-order valence-corrected chi connectivity index (χ2v) is 17.6. The zero-order valence-electron chi connectivity index (χ0n) is 34.0. The number of ether oxygens (including phenoxy) is 3. The van der Waals surface area contributed by atoms with Crippen molar-refractivity contribution in [3.8, 4) is 11.5 Å². The maximum absolute atomic E-state index is 13.0. The first kappa shape index (κ1) is 46.8. The minimum atomic E-state index is -3.19. The number of halogens is 1. The molecule has 17 heteroatoms. The quantitative estimate of drug-likeness (QED) is 0.314. The first-order valence-electron chi connectivity index (χ1n) is 19.7. The van der Waals surface area contributed by atoms with Gasteiger partial charge in [0.05, 0.1) is 24.4 Å². The molecular weight excluding hydrogens is 808 g/mol. The normalized spacial score (nSPS) is 20.6. The van der Waals surface area contributed by atoms with Crippen LogP contribution in [0.25, 0.3) is 0 Å². The van der Waals surface area contributed by atoms with Crippen LogP contribution in [0.5, 0.6) is 11.5 Å². The largest absolute Gasteiger partial charge is 0.490 e. The number of carbonyl (C=O) groups excluding carboxylic acids is 5. The summed E-state index contributed by atoms with van der Waals surface area (Å²) in [6, 6.07) is 9.44. The van der Waals surface area contributed by atoms with Crippen molar-refractivity contribution in [2.24, 2.45) is 0 Å². The van der Waals surface area contributed by atoms with Gasteiger partial charge in [-0.1, -0.05) is 11.6 Å². The summed E-state index contributed by atoms with van der Waals surface area (Å²) in [7, 11) is -1.88. The topological polar surface area (TPSA) is 160 Å². The number of likely N-dealkylation sites (tertiary alicyclic amines) is 3. The van der Waals surface area contributed by atoms with Crippen LogP contribution in [0.4, 0.5) is 0 Å². The molecule has 1 unspecified atom stereocenters. The van der Waals surface area contributed by atoms with E-state index in [-0.39, 0.29) is 55.3 Å². The molecular formula is C41H57ClN4O10S2. The lowest BCUT2D eigenvalue weighted by Gasteiger charge is -2.34. The monoisotopic (exact) mass is 864 g/mol.